The van der Waals surface area contributed by atoms with Crippen LogP contribution in [0, 0.1) is 23.2 Å². The van der Waals surface area contributed by atoms with Crippen molar-refractivity contribution in [2.24, 2.45) is 11.8 Å². The van der Waals surface area contributed by atoms with Gasteiger partial charge in [0.2, 0.25) is 12.6 Å². The molecule has 2 aromatic rings. The summed E-state index contributed by atoms with van der Waals surface area (Å²) in [5.41, 5.74) is 3.90. The van der Waals surface area contributed by atoms with E-state index in [2.05, 4.69) is 11.4 Å². The zero-order valence-corrected chi connectivity index (χ0v) is 19.9. The Bertz CT molecular complexity index is 1430. The molecule has 0 amide bonds. The molecule has 2 aliphatic carbocycles. The van der Waals surface area contributed by atoms with Crippen LogP contribution in [0.25, 0.3) is 0 Å². The van der Waals surface area contributed by atoms with Gasteiger partial charge in [-0.3, -0.25) is 14.4 Å². The largest absolute Gasteiger partial charge is 0.492 e. The molecule has 1 fully saturated rings. The molecule has 1 N–H and O–H groups in total. The van der Waals surface area contributed by atoms with E-state index < -0.39 is 23.4 Å². The van der Waals surface area contributed by atoms with E-state index in [0.29, 0.717) is 23.5 Å². The second kappa shape index (κ2) is 8.82. The summed E-state index contributed by atoms with van der Waals surface area (Å²) in [6.07, 6.45) is 3.14. The van der Waals surface area contributed by atoms with Crippen molar-refractivity contribution in [2.45, 2.75) is 18.4 Å². The van der Waals surface area contributed by atoms with Crippen LogP contribution < -0.4 is 14.8 Å². The van der Waals surface area contributed by atoms with Crippen LogP contribution >= 0.6 is 0 Å². The number of ether oxygens (including phenoxy) is 4. The van der Waals surface area contributed by atoms with E-state index in [-0.39, 0.29) is 37.1 Å². The number of nitrogens with zero attached hydrogens (tertiary/aromatic N) is 1. The maximum atomic E-state index is 13.1. The molecule has 0 bridgehead atoms. The fourth-order valence-electron chi connectivity index (χ4n) is 5.67. The molecular weight excluding hydrogens is 476 g/mol. The van der Waals surface area contributed by atoms with Crippen molar-refractivity contribution in [3.8, 4) is 17.6 Å². The molecule has 2 heterocycles. The zero-order valence-electron chi connectivity index (χ0n) is 19.9. The number of benzene rings is 2. The van der Waals surface area contributed by atoms with E-state index in [0.717, 1.165) is 22.4 Å². The standard InChI is InChI=1S/C28H22N2O7/c1-34-23-9-15(8-20(31)27(23)32)24-17-10-21-22(37-13-36-21)11-18(17)26(19-12-35-28(33)25(19)24)30-16-4-2-14(3-5-16)6-7-29/h2-5,8-11,19,24-26,30H,6,12-13H2,1H3/t19-,24+,25-,26+/m0/s1. The third-order valence-corrected chi connectivity index (χ3v) is 7.37. The molecule has 1 saturated heterocycles. The summed E-state index contributed by atoms with van der Waals surface area (Å²) >= 11 is 0. The van der Waals surface area contributed by atoms with Gasteiger partial charge in [0.05, 0.1) is 38.2 Å². The number of carbonyl (C=O) groups excluding carboxylic acids is 3. The molecule has 186 valence electrons. The number of carbonyl (C=O) groups is 3. The molecular formula is C28H22N2O7. The molecule has 0 unspecified atom stereocenters. The fraction of sp³-hybridized carbons (Fsp3) is 0.286. The first kappa shape index (κ1) is 22.9. The van der Waals surface area contributed by atoms with E-state index in [1.807, 2.05) is 36.4 Å². The number of hydrogen-bond acceptors (Lipinski definition) is 9. The summed E-state index contributed by atoms with van der Waals surface area (Å²) in [4.78, 5) is 37.9. The fourth-order valence-corrected chi connectivity index (χ4v) is 5.67. The van der Waals surface area contributed by atoms with E-state index >= 15 is 0 Å². The number of rotatable bonds is 5. The Balaban J connectivity index is 1.48. The summed E-state index contributed by atoms with van der Waals surface area (Å²) in [6, 6.07) is 13.2. The molecule has 0 aromatic heterocycles. The minimum atomic E-state index is -0.724. The number of ketones is 2. The first-order chi connectivity index (χ1) is 18.0. The maximum Gasteiger partial charge on any atom is 0.310 e. The van der Waals surface area contributed by atoms with Crippen LogP contribution in [0.5, 0.6) is 11.5 Å². The van der Waals surface area contributed by atoms with Crippen LogP contribution in [0.15, 0.2) is 59.9 Å². The lowest BCUT2D eigenvalue weighted by Crippen LogP contribution is -2.38. The number of nitrogens with one attached hydrogen (secondary N) is 1. The second-order valence-corrected chi connectivity index (χ2v) is 9.34. The number of nitriles is 1. The van der Waals surface area contributed by atoms with Crippen molar-refractivity contribution < 1.29 is 33.3 Å². The summed E-state index contributed by atoms with van der Waals surface area (Å²) in [6.45, 7) is 0.277. The van der Waals surface area contributed by atoms with Gasteiger partial charge in [0.1, 0.15) is 0 Å². The van der Waals surface area contributed by atoms with E-state index in [1.54, 1.807) is 0 Å². The smallest absolute Gasteiger partial charge is 0.310 e. The topological polar surface area (TPSA) is 124 Å². The van der Waals surface area contributed by atoms with Gasteiger partial charge in [0.25, 0.3) is 5.78 Å². The summed E-state index contributed by atoms with van der Waals surface area (Å²) in [7, 11) is 1.33. The second-order valence-electron chi connectivity index (χ2n) is 9.34. The molecule has 37 heavy (non-hydrogen) atoms. The van der Waals surface area contributed by atoms with E-state index in [9.17, 15) is 14.4 Å². The minimum Gasteiger partial charge on any atom is -0.492 e. The van der Waals surface area contributed by atoms with Crippen LogP contribution in [-0.4, -0.2) is 38.0 Å². The minimum absolute atomic E-state index is 0.0644. The van der Waals surface area contributed by atoms with Crippen LogP contribution in [0.3, 0.4) is 0 Å². The summed E-state index contributed by atoms with van der Waals surface area (Å²) in [5.74, 6) is -2.14. The summed E-state index contributed by atoms with van der Waals surface area (Å²) in [5, 5.41) is 12.5. The van der Waals surface area contributed by atoms with Crippen molar-refractivity contribution in [3.63, 3.8) is 0 Å². The lowest BCUT2D eigenvalue weighted by molar-refractivity contribution is -0.141. The zero-order chi connectivity index (χ0) is 25.7. The first-order valence-corrected chi connectivity index (χ1v) is 11.9. The number of hydrogen-bond donors (Lipinski definition) is 1. The molecule has 0 spiro atoms. The number of allylic oxidation sites excluding steroid dienone is 4. The van der Waals surface area contributed by atoms with Gasteiger partial charge in [-0.15, -0.1) is 0 Å². The highest BCUT2D eigenvalue weighted by atomic mass is 16.7. The average molecular weight is 498 g/mol. The van der Waals surface area contributed by atoms with E-state index in [4.69, 9.17) is 24.2 Å². The average Bonchev–Trinajstić information content (AvgIpc) is 3.52. The molecule has 6 rings (SSSR count). The number of fused-ring (bicyclic) bond motifs is 3. The molecule has 4 aliphatic rings. The van der Waals surface area contributed by atoms with Gasteiger partial charge in [-0.25, -0.2) is 0 Å². The molecule has 0 radical (unpaired) electrons. The maximum absolute atomic E-state index is 13.1. The quantitative estimate of drug-likeness (QED) is 0.376. The highest BCUT2D eigenvalue weighted by molar-refractivity contribution is 6.47. The lowest BCUT2D eigenvalue weighted by atomic mass is 9.64. The molecule has 4 atom stereocenters. The van der Waals surface area contributed by atoms with Crippen molar-refractivity contribution in [1.82, 2.24) is 0 Å². The third-order valence-electron chi connectivity index (χ3n) is 7.37. The molecule has 9 nitrogen and oxygen atoms in total. The van der Waals surface area contributed by atoms with Crippen LogP contribution in [0.2, 0.25) is 0 Å². The predicted molar refractivity (Wildman–Crippen MR) is 129 cm³/mol. The van der Waals surface area contributed by atoms with Gasteiger partial charge in [0, 0.05) is 17.5 Å². The van der Waals surface area contributed by atoms with Crippen molar-refractivity contribution in [1.29, 1.82) is 5.26 Å². The van der Waals surface area contributed by atoms with Crippen molar-refractivity contribution in [3.05, 3.63) is 76.6 Å². The monoisotopic (exact) mass is 498 g/mol. The first-order valence-electron chi connectivity index (χ1n) is 11.9. The molecule has 2 aromatic carbocycles. The predicted octanol–water partition coefficient (Wildman–Crippen LogP) is 3.13. The van der Waals surface area contributed by atoms with Gasteiger partial charge in [0.15, 0.2) is 17.3 Å². The number of esters is 1. The van der Waals surface area contributed by atoms with Gasteiger partial charge in [-0.1, -0.05) is 12.1 Å². The molecule has 0 saturated carbocycles. The Kier molecular flexibility index (Phi) is 5.45. The Morgan fingerprint density at radius 2 is 1.76 bits per heavy atom. The summed E-state index contributed by atoms with van der Waals surface area (Å²) < 4.78 is 22.0. The van der Waals surface area contributed by atoms with Gasteiger partial charge in [-0.05, 0) is 58.7 Å². The Labute approximate surface area is 212 Å². The third kappa shape index (κ3) is 3.73. The van der Waals surface area contributed by atoms with E-state index in [1.165, 1.54) is 19.3 Å². The molecule has 9 heteroatoms. The van der Waals surface area contributed by atoms with Crippen molar-refractivity contribution >= 4 is 23.2 Å². The Morgan fingerprint density at radius 1 is 1.03 bits per heavy atom. The molecule has 2 aliphatic heterocycles. The number of Topliss-reactive ketones (excluding diaryl/α,β-unsaturated/α-hetero) is 1. The normalized spacial score (nSPS) is 25.4. The Morgan fingerprint density at radius 3 is 2.46 bits per heavy atom. The van der Waals surface area contributed by atoms with Gasteiger partial charge >= 0.3 is 5.97 Å². The van der Waals surface area contributed by atoms with Gasteiger partial charge in [-0.2, -0.15) is 5.26 Å². The van der Waals surface area contributed by atoms with Crippen LogP contribution in [-0.2, 0) is 30.3 Å². The van der Waals surface area contributed by atoms with Crippen molar-refractivity contribution in [2.75, 3.05) is 25.8 Å². The van der Waals surface area contributed by atoms with Gasteiger partial charge < -0.3 is 24.3 Å². The Hall–Kier alpha value is -4.58. The number of anilines is 1. The number of methoxy groups -OCH3 is 1. The SMILES string of the molecule is COC1=CC([C@@H]2c3cc4c(cc3[C@@H](Nc3ccc(CC#N)cc3)[C@H]3COC(=O)[C@@H]32)OCO4)=CC(=O)C1=O. The number of cyclic esters (lactones) is 1. The highest BCUT2D eigenvalue weighted by Crippen LogP contribution is 2.55. The van der Waals surface area contributed by atoms with Crippen LogP contribution in [0.1, 0.15) is 28.7 Å². The van der Waals surface area contributed by atoms with Crippen LogP contribution in [0.4, 0.5) is 5.69 Å². The highest BCUT2D eigenvalue weighted by Gasteiger charge is 2.53. The lowest BCUT2D eigenvalue weighted by Gasteiger charge is -2.40.